The molecule has 4 heteroatoms. The second-order valence-electron chi connectivity index (χ2n) is 14.8. The summed E-state index contributed by atoms with van der Waals surface area (Å²) in [6.07, 6.45) is 0.958. The van der Waals surface area contributed by atoms with Crippen molar-refractivity contribution in [2.45, 2.75) is 110 Å². The minimum Gasteiger partial charge on any atom is -0.455 e. The lowest BCUT2D eigenvalue weighted by Crippen LogP contribution is -2.45. The summed E-state index contributed by atoms with van der Waals surface area (Å²) in [5, 5.41) is 0. The van der Waals surface area contributed by atoms with Crippen LogP contribution < -0.4 is 0 Å². The Morgan fingerprint density at radius 3 is 1.48 bits per heavy atom. The summed E-state index contributed by atoms with van der Waals surface area (Å²) >= 11 is 0. The molecule has 0 aliphatic heterocycles. The largest absolute Gasteiger partial charge is 0.455 e. The summed E-state index contributed by atoms with van der Waals surface area (Å²) in [6.45, 7) is 17.2. The molecule has 3 aliphatic rings. The van der Waals surface area contributed by atoms with Gasteiger partial charge in [-0.3, -0.25) is 0 Å². The first-order chi connectivity index (χ1) is 20.9. The van der Waals surface area contributed by atoms with Gasteiger partial charge in [-0.15, -0.1) is 0 Å². The van der Waals surface area contributed by atoms with Crippen LogP contribution in [0, 0.1) is 17.8 Å². The van der Waals surface area contributed by atoms with Crippen LogP contribution in [0.2, 0.25) is 0 Å². The average Bonchev–Trinajstić information content (AvgIpc) is 3.66. The van der Waals surface area contributed by atoms with E-state index < -0.39 is 12.2 Å². The third-order valence-corrected chi connectivity index (χ3v) is 10.6. The molecule has 2 saturated carbocycles. The standard InChI is InChI=1S/C40H48O4/c1-21(2)26-13-27(22(3)4)16-30(15-26)39(41)43-37-34-20-35(36-32-12-10-9-11-25(32)19-33(34)36)38(37)44-40(42)31-17-28(23(5)6)14-29(18-31)24(7)8/h9-18,21-24,33-38H,19-20H2,1-8H3. The maximum absolute atomic E-state index is 13.9. The molecule has 232 valence electrons. The zero-order valence-electron chi connectivity index (χ0n) is 27.6. The number of benzene rings is 3. The third-order valence-electron chi connectivity index (χ3n) is 10.6. The monoisotopic (exact) mass is 592 g/mol. The van der Waals surface area contributed by atoms with Crippen LogP contribution in [0.15, 0.2) is 60.7 Å². The SMILES string of the molecule is CC(C)c1cc(C(=O)OC2C3CC(C2OC(=O)c2cc(C(C)C)cc(C(C)C)c2)C2c4ccccc4CC32)cc(C(C)C)c1. The van der Waals surface area contributed by atoms with Crippen LogP contribution >= 0.6 is 0 Å². The molecule has 6 rings (SSSR count). The van der Waals surface area contributed by atoms with Gasteiger partial charge in [0.15, 0.2) is 0 Å². The van der Waals surface area contributed by atoms with Gasteiger partial charge in [-0.25, -0.2) is 9.59 Å². The zero-order valence-corrected chi connectivity index (χ0v) is 27.6. The first-order valence-electron chi connectivity index (χ1n) is 16.7. The van der Waals surface area contributed by atoms with Gasteiger partial charge >= 0.3 is 11.9 Å². The van der Waals surface area contributed by atoms with Crippen molar-refractivity contribution in [1.29, 1.82) is 0 Å². The van der Waals surface area contributed by atoms with E-state index in [4.69, 9.17) is 9.47 Å². The van der Waals surface area contributed by atoms with Crippen molar-refractivity contribution in [2.24, 2.45) is 17.8 Å². The average molecular weight is 593 g/mol. The highest BCUT2D eigenvalue weighted by atomic mass is 16.6. The Morgan fingerprint density at radius 1 is 0.591 bits per heavy atom. The minimum atomic E-state index is -0.480. The van der Waals surface area contributed by atoms with E-state index in [2.05, 4.69) is 91.8 Å². The van der Waals surface area contributed by atoms with Crippen LogP contribution in [-0.4, -0.2) is 24.1 Å². The van der Waals surface area contributed by atoms with Crippen molar-refractivity contribution >= 4 is 11.9 Å². The van der Waals surface area contributed by atoms with Gasteiger partial charge in [0.2, 0.25) is 0 Å². The molecule has 2 bridgehead atoms. The lowest BCUT2D eigenvalue weighted by molar-refractivity contribution is -0.0698. The van der Waals surface area contributed by atoms with E-state index in [0.717, 1.165) is 35.1 Å². The van der Waals surface area contributed by atoms with Crippen LogP contribution in [0.3, 0.4) is 0 Å². The Balaban J connectivity index is 1.34. The van der Waals surface area contributed by atoms with Crippen LogP contribution in [0.5, 0.6) is 0 Å². The molecule has 0 aromatic heterocycles. The van der Waals surface area contributed by atoms with Gasteiger partial charge in [0.05, 0.1) is 11.1 Å². The van der Waals surface area contributed by atoms with Gasteiger partial charge in [0, 0.05) is 11.8 Å². The Kier molecular flexibility index (Phi) is 8.24. The number of esters is 2. The van der Waals surface area contributed by atoms with Gasteiger partial charge in [0.1, 0.15) is 12.2 Å². The Bertz CT molecular complexity index is 1510. The molecule has 3 aromatic carbocycles. The summed E-state index contributed by atoms with van der Waals surface area (Å²) < 4.78 is 12.9. The third kappa shape index (κ3) is 5.50. The summed E-state index contributed by atoms with van der Waals surface area (Å²) in [4.78, 5) is 27.9. The van der Waals surface area contributed by atoms with Crippen molar-refractivity contribution in [3.63, 3.8) is 0 Å². The molecule has 6 unspecified atom stereocenters. The smallest absolute Gasteiger partial charge is 0.338 e. The van der Waals surface area contributed by atoms with Crippen molar-refractivity contribution in [3.05, 3.63) is 105 Å². The highest BCUT2D eigenvalue weighted by Crippen LogP contribution is 2.62. The van der Waals surface area contributed by atoms with Gasteiger partial charge < -0.3 is 9.47 Å². The van der Waals surface area contributed by atoms with E-state index in [-0.39, 0.29) is 23.8 Å². The first-order valence-corrected chi connectivity index (χ1v) is 16.7. The minimum absolute atomic E-state index is 0.126. The molecule has 0 saturated heterocycles. The molecule has 0 amide bonds. The summed E-state index contributed by atoms with van der Waals surface area (Å²) in [6, 6.07) is 21.0. The first kappa shape index (κ1) is 30.6. The fraction of sp³-hybridized carbons (Fsp3) is 0.500. The molecular formula is C40H48O4. The molecular weight excluding hydrogens is 544 g/mol. The Morgan fingerprint density at radius 2 is 1.02 bits per heavy atom. The second-order valence-corrected chi connectivity index (χ2v) is 14.8. The predicted molar refractivity (Wildman–Crippen MR) is 176 cm³/mol. The highest BCUT2D eigenvalue weighted by molar-refractivity contribution is 5.91. The molecule has 2 fully saturated rings. The molecule has 6 atom stereocenters. The van der Waals surface area contributed by atoms with E-state index >= 15 is 0 Å². The molecule has 3 aromatic rings. The second kappa shape index (κ2) is 11.8. The molecule has 4 nitrogen and oxygen atoms in total. The van der Waals surface area contributed by atoms with Gasteiger partial charge in [-0.05, 0) is 106 Å². The quantitative estimate of drug-likeness (QED) is 0.245. The number of rotatable bonds is 8. The van der Waals surface area contributed by atoms with Crippen molar-refractivity contribution in [1.82, 2.24) is 0 Å². The van der Waals surface area contributed by atoms with Gasteiger partial charge in [-0.1, -0.05) is 91.8 Å². The summed E-state index contributed by atoms with van der Waals surface area (Å²) in [7, 11) is 0. The molecule has 0 heterocycles. The Hall–Kier alpha value is -3.40. The molecule has 3 aliphatic carbocycles. The number of carbonyl (C=O) groups is 2. The number of ether oxygens (including phenoxy) is 2. The number of hydrogen-bond acceptors (Lipinski definition) is 4. The molecule has 0 spiro atoms. The Labute approximate surface area is 263 Å². The normalized spacial score (nSPS) is 25.2. The summed E-state index contributed by atoms with van der Waals surface area (Å²) in [5.74, 6) is 1.56. The van der Waals surface area contributed by atoms with Crippen molar-refractivity contribution < 1.29 is 19.1 Å². The highest BCUT2D eigenvalue weighted by Gasteiger charge is 2.63. The van der Waals surface area contributed by atoms with E-state index in [9.17, 15) is 9.59 Å². The fourth-order valence-electron chi connectivity index (χ4n) is 8.08. The number of fused-ring (bicyclic) bond motifs is 7. The van der Waals surface area contributed by atoms with Crippen LogP contribution in [-0.2, 0) is 15.9 Å². The van der Waals surface area contributed by atoms with E-state index in [1.165, 1.54) is 11.1 Å². The number of carbonyl (C=O) groups excluding carboxylic acids is 2. The summed E-state index contributed by atoms with van der Waals surface area (Å²) in [5.41, 5.74) is 8.47. The van der Waals surface area contributed by atoms with Crippen LogP contribution in [0.1, 0.15) is 145 Å². The topological polar surface area (TPSA) is 52.6 Å². The van der Waals surface area contributed by atoms with Gasteiger partial charge in [0.25, 0.3) is 0 Å². The van der Waals surface area contributed by atoms with E-state index in [0.29, 0.717) is 46.6 Å². The molecule has 0 radical (unpaired) electrons. The molecule has 44 heavy (non-hydrogen) atoms. The number of hydrogen-bond donors (Lipinski definition) is 0. The van der Waals surface area contributed by atoms with Crippen molar-refractivity contribution in [2.75, 3.05) is 0 Å². The van der Waals surface area contributed by atoms with E-state index in [1.54, 1.807) is 0 Å². The van der Waals surface area contributed by atoms with Gasteiger partial charge in [-0.2, -0.15) is 0 Å². The zero-order chi connectivity index (χ0) is 31.4. The van der Waals surface area contributed by atoms with Crippen molar-refractivity contribution in [3.8, 4) is 0 Å². The predicted octanol–water partition coefficient (Wildman–Crippen LogP) is 9.54. The van der Waals surface area contributed by atoms with Crippen LogP contribution in [0.25, 0.3) is 0 Å². The van der Waals surface area contributed by atoms with E-state index in [1.807, 2.05) is 24.3 Å². The maximum Gasteiger partial charge on any atom is 0.338 e. The molecule has 0 N–H and O–H groups in total. The lowest BCUT2D eigenvalue weighted by atomic mass is 9.76. The lowest BCUT2D eigenvalue weighted by Gasteiger charge is -2.37. The van der Waals surface area contributed by atoms with Crippen LogP contribution in [0.4, 0.5) is 0 Å². The maximum atomic E-state index is 13.9. The fourth-order valence-corrected chi connectivity index (χ4v) is 8.08.